The number of nitrogens with two attached hydrogens (primary N) is 2. The van der Waals surface area contributed by atoms with E-state index in [4.69, 9.17) is 37.3 Å². The van der Waals surface area contributed by atoms with E-state index in [2.05, 4.69) is 0 Å². The van der Waals surface area contributed by atoms with E-state index in [9.17, 15) is 9.59 Å². The Morgan fingerprint density at radius 1 is 1.00 bits per heavy atom. The highest BCUT2D eigenvalue weighted by Crippen LogP contribution is 2.39. The molecule has 0 radical (unpaired) electrons. The van der Waals surface area contributed by atoms with Gasteiger partial charge in [-0.05, 0) is 48.2 Å². The molecule has 0 aromatic heterocycles. The molecule has 8 nitrogen and oxygen atoms in total. The molecule has 1 aliphatic heterocycles. The van der Waals surface area contributed by atoms with Gasteiger partial charge in [0.05, 0.1) is 25.4 Å². The van der Waals surface area contributed by atoms with Gasteiger partial charge in [0.2, 0.25) is 11.8 Å². The minimum atomic E-state index is -0.766. The van der Waals surface area contributed by atoms with Gasteiger partial charge in [0.15, 0.2) is 11.6 Å². The van der Waals surface area contributed by atoms with E-state index in [1.807, 2.05) is 41.3 Å². The van der Waals surface area contributed by atoms with Crippen molar-refractivity contribution in [3.8, 4) is 16.9 Å². The lowest BCUT2D eigenvalue weighted by molar-refractivity contribution is -0.140. The molecule has 0 spiro atoms. The lowest BCUT2D eigenvalue weighted by atomic mass is 9.88. The summed E-state index contributed by atoms with van der Waals surface area (Å²) in [6.07, 6.45) is 6.00. The van der Waals surface area contributed by atoms with Gasteiger partial charge in [-0.2, -0.15) is 0 Å². The molecule has 3 aromatic rings. The number of hydrogen-bond acceptors (Lipinski definition) is 6. The average molecular weight is 640 g/mol. The van der Waals surface area contributed by atoms with Crippen molar-refractivity contribution in [1.29, 1.82) is 0 Å². The van der Waals surface area contributed by atoms with Crippen molar-refractivity contribution < 1.29 is 28.2 Å². The predicted octanol–water partition coefficient (Wildman–Crippen LogP) is 5.79. The molecule has 10 heteroatoms. The van der Waals surface area contributed by atoms with Crippen LogP contribution in [0.5, 0.6) is 5.75 Å². The Bertz CT molecular complexity index is 1390. The monoisotopic (exact) mass is 639 g/mol. The van der Waals surface area contributed by atoms with Crippen LogP contribution in [0.15, 0.2) is 60.7 Å². The molecular formula is C35H43ClFN3O5. The zero-order valence-electron chi connectivity index (χ0n) is 25.8. The van der Waals surface area contributed by atoms with Gasteiger partial charge in [0.1, 0.15) is 6.61 Å². The summed E-state index contributed by atoms with van der Waals surface area (Å²) in [5.74, 6) is -0.919. The molecule has 1 aliphatic carbocycles. The van der Waals surface area contributed by atoms with E-state index < -0.39 is 11.7 Å². The molecular weight excluding hydrogens is 597 g/mol. The number of halogens is 2. The van der Waals surface area contributed by atoms with E-state index in [0.717, 1.165) is 50.3 Å². The number of hydrogen-bond donors (Lipinski definition) is 2. The van der Waals surface area contributed by atoms with Crippen LogP contribution in [-0.4, -0.2) is 69.9 Å². The second kappa shape index (κ2) is 17.3. The fraction of sp³-hybridized carbons (Fsp3) is 0.429. The van der Waals surface area contributed by atoms with Crippen LogP contribution in [-0.2, 0) is 14.3 Å². The third kappa shape index (κ3) is 9.04. The van der Waals surface area contributed by atoms with Crippen LogP contribution >= 0.6 is 11.6 Å². The van der Waals surface area contributed by atoms with Crippen molar-refractivity contribution in [2.75, 3.05) is 53.2 Å². The van der Waals surface area contributed by atoms with Gasteiger partial charge in [-0.25, -0.2) is 4.39 Å². The highest BCUT2D eigenvalue weighted by Gasteiger charge is 2.27. The van der Waals surface area contributed by atoms with Crippen molar-refractivity contribution in [2.45, 2.75) is 38.0 Å². The fourth-order valence-electron chi connectivity index (χ4n) is 5.86. The maximum atomic E-state index is 15.5. The van der Waals surface area contributed by atoms with Gasteiger partial charge in [-0.1, -0.05) is 67.3 Å². The van der Waals surface area contributed by atoms with Gasteiger partial charge < -0.3 is 30.6 Å². The van der Waals surface area contributed by atoms with E-state index in [0.29, 0.717) is 23.9 Å². The molecule has 3 aromatic carbocycles. The molecule has 45 heavy (non-hydrogen) atoms. The predicted molar refractivity (Wildman–Crippen MR) is 174 cm³/mol. The third-order valence-corrected chi connectivity index (χ3v) is 8.62. The summed E-state index contributed by atoms with van der Waals surface area (Å²) in [5.41, 5.74) is 13.8. The summed E-state index contributed by atoms with van der Waals surface area (Å²) in [6.45, 7) is 3.83. The zero-order valence-corrected chi connectivity index (χ0v) is 26.6. The second-order valence-electron chi connectivity index (χ2n) is 11.2. The molecule has 5 rings (SSSR count). The maximum Gasteiger partial charge on any atom is 0.249 e. The lowest BCUT2D eigenvalue weighted by Crippen LogP contribution is -2.44. The van der Waals surface area contributed by atoms with Crippen LogP contribution in [0.25, 0.3) is 11.1 Å². The van der Waals surface area contributed by atoms with Gasteiger partial charge in [-0.15, -0.1) is 0 Å². The minimum absolute atomic E-state index is 0.00176. The van der Waals surface area contributed by atoms with Crippen molar-refractivity contribution in [3.63, 3.8) is 0 Å². The average Bonchev–Trinajstić information content (AvgIpc) is 3.08. The molecule has 242 valence electrons. The minimum Gasteiger partial charge on any atom is -0.488 e. The van der Waals surface area contributed by atoms with Crippen molar-refractivity contribution in [2.24, 2.45) is 17.4 Å². The summed E-state index contributed by atoms with van der Waals surface area (Å²) in [6, 6.07) is 17.8. The lowest BCUT2D eigenvalue weighted by Gasteiger charge is -2.31. The topological polar surface area (TPSA) is 117 Å². The zero-order chi connectivity index (χ0) is 32.2. The number of benzene rings is 3. The van der Waals surface area contributed by atoms with E-state index in [1.165, 1.54) is 38.5 Å². The summed E-state index contributed by atoms with van der Waals surface area (Å²) in [5, 5.41) is 0.281. The fourth-order valence-corrected chi connectivity index (χ4v) is 6.08. The Balaban J connectivity index is 0.000000273. The highest BCUT2D eigenvalue weighted by atomic mass is 35.5. The summed E-state index contributed by atoms with van der Waals surface area (Å²) < 4.78 is 31.1. The maximum absolute atomic E-state index is 15.5. The number of nitrogens with zero attached hydrogens (tertiary/aromatic N) is 1. The number of carbonyl (C=O) groups excluding carboxylic acids is 2. The summed E-state index contributed by atoms with van der Waals surface area (Å²) in [7, 11) is 1.52. The molecule has 1 saturated heterocycles. The summed E-state index contributed by atoms with van der Waals surface area (Å²) in [4.78, 5) is 26.1. The molecule has 2 aliphatic rings. The molecule has 1 atom stereocenters. The van der Waals surface area contributed by atoms with E-state index >= 15 is 4.39 Å². The SMILES string of the molecule is COCCOc1ccc(C(N)=O)c(-c2cc(C(CN)c3ccccc3)ccc2Cl)c1F.O=C(C1CCCCC1)N1CCOCC1. The largest absolute Gasteiger partial charge is 0.488 e. The molecule has 2 fully saturated rings. The molecule has 0 bridgehead atoms. The Kier molecular flexibility index (Phi) is 13.2. The first-order valence-corrected chi connectivity index (χ1v) is 15.9. The first kappa shape index (κ1) is 34.4. The molecule has 1 unspecified atom stereocenters. The highest BCUT2D eigenvalue weighted by molar-refractivity contribution is 6.33. The van der Waals surface area contributed by atoms with E-state index in [-0.39, 0.29) is 41.0 Å². The second-order valence-corrected chi connectivity index (χ2v) is 11.6. The number of morpholine rings is 1. The van der Waals surface area contributed by atoms with Crippen LogP contribution < -0.4 is 16.2 Å². The Morgan fingerprint density at radius 2 is 1.71 bits per heavy atom. The van der Waals surface area contributed by atoms with Gasteiger partial charge in [0, 0.05) is 54.7 Å². The van der Waals surface area contributed by atoms with E-state index in [1.54, 1.807) is 12.1 Å². The summed E-state index contributed by atoms with van der Waals surface area (Å²) >= 11 is 6.44. The van der Waals surface area contributed by atoms with Crippen LogP contribution in [0.3, 0.4) is 0 Å². The molecule has 4 N–H and O–H groups in total. The van der Waals surface area contributed by atoms with Gasteiger partial charge in [-0.3, -0.25) is 9.59 Å². The number of carbonyl (C=O) groups is 2. The Hall–Kier alpha value is -3.50. The third-order valence-electron chi connectivity index (χ3n) is 8.29. The van der Waals surface area contributed by atoms with Crippen LogP contribution in [0.2, 0.25) is 5.02 Å². The van der Waals surface area contributed by atoms with Crippen LogP contribution in [0.1, 0.15) is 59.5 Å². The normalized spacial score (nSPS) is 16.0. The first-order chi connectivity index (χ1) is 21.8. The Morgan fingerprint density at radius 3 is 2.36 bits per heavy atom. The molecule has 1 saturated carbocycles. The number of rotatable bonds is 10. The molecule has 2 amide bonds. The molecule has 1 heterocycles. The standard InChI is InChI=1S/C24H24ClFN2O3.C11H19NO2/c1-30-11-12-31-21-10-8-17(24(28)29)22(23(21)26)18-13-16(7-9-20(18)25)19(14-27)15-5-3-2-4-6-15;13-11(10-4-2-1-3-5-10)12-6-8-14-9-7-12/h2-10,13,19H,11-12,14,27H2,1H3,(H2,28,29);10H,1-9H2. The van der Waals surface area contributed by atoms with Crippen LogP contribution in [0, 0.1) is 11.7 Å². The number of methoxy groups -OCH3 is 1. The van der Waals surface area contributed by atoms with Crippen molar-refractivity contribution in [1.82, 2.24) is 4.90 Å². The first-order valence-electron chi connectivity index (χ1n) is 15.5. The smallest absolute Gasteiger partial charge is 0.249 e. The van der Waals surface area contributed by atoms with Gasteiger partial charge >= 0.3 is 0 Å². The quantitative estimate of drug-likeness (QED) is 0.271. The van der Waals surface area contributed by atoms with Crippen molar-refractivity contribution in [3.05, 3.63) is 88.2 Å². The van der Waals surface area contributed by atoms with Crippen LogP contribution in [0.4, 0.5) is 4.39 Å². The van der Waals surface area contributed by atoms with Gasteiger partial charge in [0.25, 0.3) is 0 Å². The number of amides is 2. The Labute approximate surface area is 269 Å². The number of ether oxygens (including phenoxy) is 3. The van der Waals surface area contributed by atoms with Crippen molar-refractivity contribution >= 4 is 23.4 Å². The number of primary amides is 1.